The fraction of sp³-hybridized carbons (Fsp3) is 0.182. The molecule has 2 rings (SSSR count). The van der Waals surface area contributed by atoms with Gasteiger partial charge < -0.3 is 15.2 Å². The van der Waals surface area contributed by atoms with Gasteiger partial charge in [0.05, 0.1) is 10.6 Å². The van der Waals surface area contributed by atoms with Crippen LogP contribution in [0.1, 0.15) is 17.3 Å². The van der Waals surface area contributed by atoms with Crippen LogP contribution in [-0.2, 0) is 0 Å². The van der Waals surface area contributed by atoms with Gasteiger partial charge in [-0.2, -0.15) is 0 Å². The Balaban J connectivity index is 2.20. The van der Waals surface area contributed by atoms with Crippen molar-refractivity contribution in [3.63, 3.8) is 0 Å². The number of carbonyl (C=O) groups is 1. The predicted octanol–water partition coefficient (Wildman–Crippen LogP) is 2.41. The highest BCUT2D eigenvalue weighted by atomic mass is 35.5. The van der Waals surface area contributed by atoms with Gasteiger partial charge in [0.25, 0.3) is 5.91 Å². The molecule has 1 amide bonds. The van der Waals surface area contributed by atoms with Gasteiger partial charge in [0.2, 0.25) is 0 Å². The molecule has 94 valence electrons. The minimum atomic E-state index is -0.365. The third kappa shape index (κ3) is 2.78. The van der Waals surface area contributed by atoms with E-state index in [0.29, 0.717) is 23.7 Å². The molecule has 2 aromatic heterocycles. The van der Waals surface area contributed by atoms with Gasteiger partial charge in [0, 0.05) is 18.8 Å². The molecule has 2 heterocycles. The molecule has 0 aliphatic carbocycles. The van der Waals surface area contributed by atoms with Crippen LogP contribution in [0.25, 0.3) is 0 Å². The Kier molecular flexibility index (Phi) is 3.78. The number of nitrogens with one attached hydrogen (secondary N) is 2. The molecule has 0 saturated carbocycles. The van der Waals surface area contributed by atoms with Crippen LogP contribution in [0, 0.1) is 0 Å². The van der Waals surface area contributed by atoms with Crippen LogP contribution >= 0.6 is 11.6 Å². The Morgan fingerprint density at radius 2 is 2.33 bits per heavy atom. The summed E-state index contributed by atoms with van der Waals surface area (Å²) in [7, 11) is 0. The lowest BCUT2D eigenvalue weighted by Crippen LogP contribution is -2.13. The summed E-state index contributed by atoms with van der Waals surface area (Å²) in [5.74, 6) is 0.556. The second-order valence-electron chi connectivity index (χ2n) is 3.42. The van der Waals surface area contributed by atoms with Crippen LogP contribution in [0.2, 0.25) is 5.02 Å². The largest absolute Gasteiger partial charge is 0.370 e. The summed E-state index contributed by atoms with van der Waals surface area (Å²) in [6, 6.07) is 3.12. The molecule has 0 unspecified atom stereocenters. The number of hydrogen-bond acceptors (Lipinski definition) is 5. The van der Waals surface area contributed by atoms with E-state index in [2.05, 4.69) is 25.3 Å². The highest BCUT2D eigenvalue weighted by Gasteiger charge is 2.13. The molecule has 0 fully saturated rings. The van der Waals surface area contributed by atoms with Crippen molar-refractivity contribution in [1.29, 1.82) is 0 Å². The summed E-state index contributed by atoms with van der Waals surface area (Å²) in [4.78, 5) is 16.0. The molecular formula is C11H11ClN4O2. The van der Waals surface area contributed by atoms with Crippen molar-refractivity contribution >= 4 is 29.1 Å². The maximum absolute atomic E-state index is 12.0. The quantitative estimate of drug-likeness (QED) is 0.888. The molecule has 0 aromatic carbocycles. The molecule has 6 nitrogen and oxygen atoms in total. The van der Waals surface area contributed by atoms with Gasteiger partial charge in [0.15, 0.2) is 5.82 Å². The SMILES string of the molecule is CCNc1cc(C(=O)Nc2ccon2)c(Cl)cn1. The normalized spacial score (nSPS) is 10.1. The number of hydrogen-bond donors (Lipinski definition) is 2. The van der Waals surface area contributed by atoms with Crippen LogP contribution < -0.4 is 10.6 Å². The standard InChI is InChI=1S/C11H11ClN4O2/c1-2-13-10-5-7(8(12)6-14-10)11(17)15-9-3-4-18-16-9/h3-6H,2H2,1H3,(H,13,14)(H,15,16,17). The first-order valence-electron chi connectivity index (χ1n) is 5.32. The molecule has 2 N–H and O–H groups in total. The molecule has 0 radical (unpaired) electrons. The average Bonchev–Trinajstić information content (AvgIpc) is 2.84. The van der Waals surface area contributed by atoms with Gasteiger partial charge in [-0.1, -0.05) is 16.8 Å². The van der Waals surface area contributed by atoms with Crippen LogP contribution in [0.3, 0.4) is 0 Å². The topological polar surface area (TPSA) is 80.0 Å². The number of rotatable bonds is 4. The number of halogens is 1. The Bertz CT molecular complexity index is 542. The number of aromatic nitrogens is 2. The van der Waals surface area contributed by atoms with E-state index < -0.39 is 0 Å². The Hall–Kier alpha value is -2.08. The van der Waals surface area contributed by atoms with E-state index in [0.717, 1.165) is 0 Å². The molecular weight excluding hydrogens is 256 g/mol. The van der Waals surface area contributed by atoms with Crippen molar-refractivity contribution in [3.8, 4) is 0 Å². The zero-order valence-corrected chi connectivity index (χ0v) is 10.4. The van der Waals surface area contributed by atoms with Crippen molar-refractivity contribution < 1.29 is 9.32 Å². The smallest absolute Gasteiger partial charge is 0.258 e. The van der Waals surface area contributed by atoms with Gasteiger partial charge in [-0.25, -0.2) is 4.98 Å². The molecule has 0 spiro atoms. The van der Waals surface area contributed by atoms with E-state index in [9.17, 15) is 4.79 Å². The van der Waals surface area contributed by atoms with E-state index in [1.54, 1.807) is 6.07 Å². The minimum absolute atomic E-state index is 0.276. The lowest BCUT2D eigenvalue weighted by atomic mass is 10.2. The van der Waals surface area contributed by atoms with Crippen molar-refractivity contribution in [2.45, 2.75) is 6.92 Å². The second kappa shape index (κ2) is 5.50. The first-order valence-corrected chi connectivity index (χ1v) is 5.69. The second-order valence-corrected chi connectivity index (χ2v) is 3.83. The monoisotopic (exact) mass is 266 g/mol. The Morgan fingerprint density at radius 1 is 1.50 bits per heavy atom. The van der Waals surface area contributed by atoms with Crippen molar-refractivity contribution in [3.05, 3.63) is 35.2 Å². The lowest BCUT2D eigenvalue weighted by Gasteiger charge is -2.07. The summed E-state index contributed by atoms with van der Waals surface area (Å²) in [6.45, 7) is 2.64. The van der Waals surface area contributed by atoms with Gasteiger partial charge >= 0.3 is 0 Å². The van der Waals surface area contributed by atoms with E-state index in [1.165, 1.54) is 18.5 Å². The van der Waals surface area contributed by atoms with Crippen molar-refractivity contribution in [2.24, 2.45) is 0 Å². The Labute approximate surface area is 108 Å². The molecule has 0 aliphatic heterocycles. The number of nitrogens with zero attached hydrogens (tertiary/aromatic N) is 2. The fourth-order valence-corrected chi connectivity index (χ4v) is 1.54. The first kappa shape index (κ1) is 12.4. The number of pyridine rings is 1. The third-order valence-electron chi connectivity index (χ3n) is 2.14. The molecule has 0 atom stereocenters. The van der Waals surface area contributed by atoms with Crippen LogP contribution in [0.15, 0.2) is 29.1 Å². The molecule has 0 saturated heterocycles. The van der Waals surface area contributed by atoms with Crippen LogP contribution in [-0.4, -0.2) is 22.6 Å². The fourth-order valence-electron chi connectivity index (χ4n) is 1.35. The zero-order valence-electron chi connectivity index (χ0n) is 9.61. The maximum atomic E-state index is 12.0. The van der Waals surface area contributed by atoms with Gasteiger partial charge in [-0.15, -0.1) is 0 Å². The molecule has 18 heavy (non-hydrogen) atoms. The van der Waals surface area contributed by atoms with Gasteiger partial charge in [-0.3, -0.25) is 4.79 Å². The number of carbonyl (C=O) groups excluding carboxylic acids is 1. The van der Waals surface area contributed by atoms with Gasteiger partial charge in [-0.05, 0) is 13.0 Å². The molecule has 7 heteroatoms. The van der Waals surface area contributed by atoms with E-state index in [4.69, 9.17) is 11.6 Å². The van der Waals surface area contributed by atoms with E-state index in [-0.39, 0.29) is 10.9 Å². The van der Waals surface area contributed by atoms with Gasteiger partial charge in [0.1, 0.15) is 12.1 Å². The number of anilines is 2. The summed E-state index contributed by atoms with van der Waals surface area (Å²) >= 11 is 5.94. The lowest BCUT2D eigenvalue weighted by molar-refractivity contribution is 0.102. The van der Waals surface area contributed by atoms with E-state index >= 15 is 0 Å². The minimum Gasteiger partial charge on any atom is -0.370 e. The predicted molar refractivity (Wildman–Crippen MR) is 67.9 cm³/mol. The highest BCUT2D eigenvalue weighted by Crippen LogP contribution is 2.19. The molecule has 2 aromatic rings. The summed E-state index contributed by atoms with van der Waals surface area (Å²) < 4.78 is 4.62. The van der Waals surface area contributed by atoms with Crippen LogP contribution in [0.5, 0.6) is 0 Å². The summed E-state index contributed by atoms with van der Waals surface area (Å²) in [5.41, 5.74) is 0.325. The summed E-state index contributed by atoms with van der Waals surface area (Å²) in [6.07, 6.45) is 2.80. The van der Waals surface area contributed by atoms with E-state index in [1.807, 2.05) is 6.92 Å². The highest BCUT2D eigenvalue weighted by molar-refractivity contribution is 6.34. The first-order chi connectivity index (χ1) is 8.70. The molecule has 0 aliphatic rings. The number of amides is 1. The third-order valence-corrected chi connectivity index (χ3v) is 2.44. The average molecular weight is 267 g/mol. The Morgan fingerprint density at radius 3 is 3.00 bits per heavy atom. The maximum Gasteiger partial charge on any atom is 0.258 e. The van der Waals surface area contributed by atoms with Crippen LogP contribution in [0.4, 0.5) is 11.6 Å². The molecule has 0 bridgehead atoms. The zero-order chi connectivity index (χ0) is 13.0. The van der Waals surface area contributed by atoms with Crippen molar-refractivity contribution in [2.75, 3.05) is 17.2 Å². The van der Waals surface area contributed by atoms with Crippen molar-refractivity contribution in [1.82, 2.24) is 10.1 Å². The summed E-state index contributed by atoms with van der Waals surface area (Å²) in [5, 5.41) is 9.43.